The molecule has 8 heteroatoms. The minimum absolute atomic E-state index is 0.195. The van der Waals surface area contributed by atoms with Crippen LogP contribution in [0.25, 0.3) is 0 Å². The number of nitrogens with one attached hydrogen (secondary N) is 1. The maximum Gasteiger partial charge on any atom is 0.322 e. The first-order chi connectivity index (χ1) is 12.7. The molecular formula is C18H24N4O4. The van der Waals surface area contributed by atoms with Gasteiger partial charge in [0.15, 0.2) is 5.82 Å². The second-order valence-electron chi connectivity index (χ2n) is 6.17. The Balaban J connectivity index is 1.80. The molecule has 2 amide bonds. The van der Waals surface area contributed by atoms with Gasteiger partial charge in [0.25, 0.3) is 5.89 Å². The van der Waals surface area contributed by atoms with Crippen LogP contribution in [-0.4, -0.2) is 41.8 Å². The lowest BCUT2D eigenvalue weighted by Crippen LogP contribution is -2.38. The Kier molecular flexibility index (Phi) is 6.06. The number of carbonyl (C=O) groups is 1. The average Bonchev–Trinajstić information content (AvgIpc) is 2.97. The number of hydrogen-bond acceptors (Lipinski definition) is 6. The van der Waals surface area contributed by atoms with Crippen LogP contribution in [0.1, 0.15) is 43.4 Å². The molecule has 3 rings (SSSR count). The van der Waals surface area contributed by atoms with Gasteiger partial charge in [0.05, 0.1) is 18.8 Å². The molecule has 0 aliphatic carbocycles. The number of amides is 2. The van der Waals surface area contributed by atoms with Gasteiger partial charge >= 0.3 is 6.03 Å². The van der Waals surface area contributed by atoms with Crippen molar-refractivity contribution in [2.45, 2.75) is 38.3 Å². The van der Waals surface area contributed by atoms with E-state index in [2.05, 4.69) is 15.5 Å². The average molecular weight is 360 g/mol. The normalized spacial score (nSPS) is 17.6. The molecule has 1 fully saturated rings. The summed E-state index contributed by atoms with van der Waals surface area (Å²) < 4.78 is 15.6. The molecule has 1 saturated heterocycles. The van der Waals surface area contributed by atoms with E-state index in [1.807, 2.05) is 24.3 Å². The van der Waals surface area contributed by atoms with E-state index in [-0.39, 0.29) is 18.7 Å². The Hall–Kier alpha value is -2.61. The zero-order chi connectivity index (χ0) is 18.4. The van der Waals surface area contributed by atoms with Crippen LogP contribution >= 0.6 is 0 Å². The number of para-hydroxylation sites is 2. The zero-order valence-electron chi connectivity index (χ0n) is 15.1. The van der Waals surface area contributed by atoms with E-state index in [0.29, 0.717) is 29.7 Å². The van der Waals surface area contributed by atoms with Gasteiger partial charge in [0.1, 0.15) is 12.4 Å². The fourth-order valence-electron chi connectivity index (χ4n) is 3.14. The van der Waals surface area contributed by atoms with Gasteiger partial charge in [-0.05, 0) is 25.0 Å². The summed E-state index contributed by atoms with van der Waals surface area (Å²) in [6.45, 7) is 0.896. The van der Waals surface area contributed by atoms with Crippen molar-refractivity contribution in [2.75, 3.05) is 26.1 Å². The highest BCUT2D eigenvalue weighted by Gasteiger charge is 2.30. The lowest BCUT2D eigenvalue weighted by Gasteiger charge is -2.28. The summed E-state index contributed by atoms with van der Waals surface area (Å²) in [7, 11) is 3.15. The van der Waals surface area contributed by atoms with Crippen molar-refractivity contribution in [3.05, 3.63) is 36.0 Å². The Morgan fingerprint density at radius 3 is 2.96 bits per heavy atom. The van der Waals surface area contributed by atoms with E-state index in [9.17, 15) is 4.79 Å². The molecule has 0 radical (unpaired) electrons. The number of ether oxygens (including phenoxy) is 2. The Labute approximate surface area is 152 Å². The molecule has 1 unspecified atom stereocenters. The van der Waals surface area contributed by atoms with Crippen molar-refractivity contribution in [1.82, 2.24) is 15.0 Å². The van der Waals surface area contributed by atoms with Crippen LogP contribution < -0.4 is 10.1 Å². The summed E-state index contributed by atoms with van der Waals surface area (Å²) in [6, 6.07) is 6.93. The van der Waals surface area contributed by atoms with Crippen LogP contribution in [0.4, 0.5) is 10.5 Å². The van der Waals surface area contributed by atoms with Crippen LogP contribution in [0, 0.1) is 0 Å². The first-order valence-corrected chi connectivity index (χ1v) is 8.75. The van der Waals surface area contributed by atoms with Gasteiger partial charge in [-0.15, -0.1) is 0 Å². The quantitative estimate of drug-likeness (QED) is 0.879. The maximum atomic E-state index is 13.0. The first-order valence-electron chi connectivity index (χ1n) is 8.75. The van der Waals surface area contributed by atoms with E-state index < -0.39 is 0 Å². The third-order valence-electron chi connectivity index (χ3n) is 4.41. The number of likely N-dealkylation sites (tertiary alicyclic amines) is 1. The van der Waals surface area contributed by atoms with Crippen LogP contribution in [0.5, 0.6) is 5.75 Å². The second-order valence-corrected chi connectivity index (χ2v) is 6.17. The fourth-order valence-corrected chi connectivity index (χ4v) is 3.14. The first kappa shape index (κ1) is 18.2. The van der Waals surface area contributed by atoms with Gasteiger partial charge in [-0.1, -0.05) is 30.1 Å². The van der Waals surface area contributed by atoms with E-state index in [1.54, 1.807) is 19.1 Å². The number of methoxy groups -OCH3 is 2. The van der Waals surface area contributed by atoms with E-state index in [1.165, 1.54) is 0 Å². The lowest BCUT2D eigenvalue weighted by molar-refractivity contribution is 0.151. The van der Waals surface area contributed by atoms with Crippen LogP contribution in [0.3, 0.4) is 0 Å². The summed E-state index contributed by atoms with van der Waals surface area (Å²) in [5, 5.41) is 7.00. The second kappa shape index (κ2) is 8.66. The number of anilines is 1. The van der Waals surface area contributed by atoms with Crippen molar-refractivity contribution >= 4 is 11.7 Å². The number of carbonyl (C=O) groups excluding carboxylic acids is 1. The Bertz CT molecular complexity index is 733. The molecule has 2 aromatic rings. The molecule has 8 nitrogen and oxygen atoms in total. The summed E-state index contributed by atoms with van der Waals surface area (Å²) in [5.74, 6) is 1.56. The van der Waals surface area contributed by atoms with Crippen molar-refractivity contribution in [1.29, 1.82) is 0 Å². The predicted octanol–water partition coefficient (Wildman–Crippen LogP) is 3.37. The third kappa shape index (κ3) is 4.13. The Morgan fingerprint density at radius 1 is 1.31 bits per heavy atom. The predicted molar refractivity (Wildman–Crippen MR) is 94.9 cm³/mol. The minimum Gasteiger partial charge on any atom is -0.495 e. The zero-order valence-corrected chi connectivity index (χ0v) is 15.1. The molecule has 1 aromatic heterocycles. The lowest BCUT2D eigenvalue weighted by atomic mass is 10.1. The molecule has 140 valence electrons. The maximum absolute atomic E-state index is 13.0. The van der Waals surface area contributed by atoms with Gasteiger partial charge in [0.2, 0.25) is 0 Å². The van der Waals surface area contributed by atoms with E-state index >= 15 is 0 Å². The highest BCUT2D eigenvalue weighted by atomic mass is 16.5. The molecule has 0 spiro atoms. The molecule has 1 aliphatic rings. The molecule has 1 N–H and O–H groups in total. The molecule has 0 saturated carbocycles. The standard InChI is InChI=1S/C18H24N4O4/c1-24-12-16-20-17(21-26-16)14-9-4-3-7-11-22(14)18(23)19-13-8-5-6-10-15(13)25-2/h5-6,8,10,14H,3-4,7,9,11-12H2,1-2H3,(H,19,23). The fraction of sp³-hybridized carbons (Fsp3) is 0.500. The van der Waals surface area contributed by atoms with Crippen LogP contribution in [0.15, 0.2) is 28.8 Å². The summed E-state index contributed by atoms with van der Waals surface area (Å²) in [5.41, 5.74) is 0.635. The summed E-state index contributed by atoms with van der Waals surface area (Å²) in [4.78, 5) is 19.1. The van der Waals surface area contributed by atoms with Crippen molar-refractivity contribution in [3.63, 3.8) is 0 Å². The molecule has 1 aromatic carbocycles. The van der Waals surface area contributed by atoms with Gasteiger partial charge in [-0.2, -0.15) is 4.98 Å². The molecule has 2 heterocycles. The van der Waals surface area contributed by atoms with E-state index in [4.69, 9.17) is 14.0 Å². The summed E-state index contributed by atoms with van der Waals surface area (Å²) in [6.07, 6.45) is 3.82. The van der Waals surface area contributed by atoms with Gasteiger partial charge < -0.3 is 24.2 Å². The highest BCUT2D eigenvalue weighted by Crippen LogP contribution is 2.30. The molecule has 26 heavy (non-hydrogen) atoms. The molecule has 1 aliphatic heterocycles. The minimum atomic E-state index is -0.221. The van der Waals surface area contributed by atoms with E-state index in [0.717, 1.165) is 25.7 Å². The monoisotopic (exact) mass is 360 g/mol. The Morgan fingerprint density at radius 2 is 2.15 bits per heavy atom. The SMILES string of the molecule is COCc1nc(C2CCCCCN2C(=O)Nc2ccccc2OC)no1. The van der Waals surface area contributed by atoms with Gasteiger partial charge in [0, 0.05) is 13.7 Å². The van der Waals surface area contributed by atoms with Gasteiger partial charge in [-0.3, -0.25) is 0 Å². The molecule has 1 atom stereocenters. The van der Waals surface area contributed by atoms with Crippen molar-refractivity contribution < 1.29 is 18.8 Å². The van der Waals surface area contributed by atoms with Crippen LogP contribution in [0.2, 0.25) is 0 Å². The third-order valence-corrected chi connectivity index (χ3v) is 4.41. The van der Waals surface area contributed by atoms with Crippen molar-refractivity contribution in [3.8, 4) is 5.75 Å². The van der Waals surface area contributed by atoms with Crippen molar-refractivity contribution in [2.24, 2.45) is 0 Å². The molecule has 0 bridgehead atoms. The van der Waals surface area contributed by atoms with Crippen LogP contribution in [-0.2, 0) is 11.3 Å². The number of aromatic nitrogens is 2. The molecular weight excluding hydrogens is 336 g/mol. The highest BCUT2D eigenvalue weighted by molar-refractivity contribution is 5.91. The number of hydrogen-bond donors (Lipinski definition) is 1. The summed E-state index contributed by atoms with van der Waals surface area (Å²) >= 11 is 0. The topological polar surface area (TPSA) is 89.7 Å². The number of nitrogens with zero attached hydrogens (tertiary/aromatic N) is 3. The number of benzene rings is 1. The smallest absolute Gasteiger partial charge is 0.322 e. The largest absolute Gasteiger partial charge is 0.495 e. The number of urea groups is 1. The van der Waals surface area contributed by atoms with Gasteiger partial charge in [-0.25, -0.2) is 4.79 Å². The number of rotatable bonds is 5.